The molecule has 0 fully saturated rings. The molecule has 1 aromatic heterocycles. The molecule has 0 saturated heterocycles. The van der Waals surface area contributed by atoms with Crippen LogP contribution in [0.1, 0.15) is 18.4 Å². The van der Waals surface area contributed by atoms with E-state index in [4.69, 9.17) is 10.2 Å². The summed E-state index contributed by atoms with van der Waals surface area (Å²) in [6, 6.07) is 1.56. The second-order valence-corrected chi connectivity index (χ2v) is 4.01. The molecule has 0 aromatic carbocycles. The van der Waals surface area contributed by atoms with E-state index in [0.29, 0.717) is 0 Å². The van der Waals surface area contributed by atoms with Crippen molar-refractivity contribution >= 4 is 18.0 Å². The number of aromatic nitrogens is 1. The Kier molecular flexibility index (Phi) is 5.95. The molecule has 0 spiro atoms. The first kappa shape index (κ1) is 15.4. The Hall–Kier alpha value is -2.64. The number of hydrogen-bond donors (Lipinski definition) is 4. The zero-order valence-electron chi connectivity index (χ0n) is 10.6. The number of hydrogen-bond acceptors (Lipinski definition) is 4. The van der Waals surface area contributed by atoms with Gasteiger partial charge in [-0.25, -0.2) is 9.59 Å². The van der Waals surface area contributed by atoms with E-state index in [1.54, 1.807) is 24.5 Å². The molecule has 0 saturated carbocycles. The van der Waals surface area contributed by atoms with Crippen molar-refractivity contribution in [2.45, 2.75) is 25.4 Å². The van der Waals surface area contributed by atoms with Crippen LogP contribution < -0.4 is 10.6 Å². The number of carboxylic acids is 2. The summed E-state index contributed by atoms with van der Waals surface area (Å²) in [7, 11) is 0. The average Bonchev–Trinajstić information content (AvgIpc) is 2.41. The Balaban J connectivity index is 2.41. The predicted molar refractivity (Wildman–Crippen MR) is 67.9 cm³/mol. The average molecular weight is 281 g/mol. The first-order valence-corrected chi connectivity index (χ1v) is 5.87. The molecule has 2 amide bonds. The van der Waals surface area contributed by atoms with Gasteiger partial charge in [-0.1, -0.05) is 6.07 Å². The minimum absolute atomic E-state index is 0.176. The van der Waals surface area contributed by atoms with Crippen LogP contribution in [0.3, 0.4) is 0 Å². The molecule has 0 aliphatic rings. The van der Waals surface area contributed by atoms with Crippen molar-refractivity contribution in [2.75, 3.05) is 0 Å². The fraction of sp³-hybridized carbons (Fsp3) is 0.333. The monoisotopic (exact) mass is 281 g/mol. The smallest absolute Gasteiger partial charge is 0.326 e. The summed E-state index contributed by atoms with van der Waals surface area (Å²) < 4.78 is 0. The molecule has 0 unspecified atom stereocenters. The lowest BCUT2D eigenvalue weighted by Crippen LogP contribution is -2.46. The lowest BCUT2D eigenvalue weighted by Gasteiger charge is -2.14. The zero-order valence-corrected chi connectivity index (χ0v) is 10.6. The van der Waals surface area contributed by atoms with Crippen LogP contribution in [0, 0.1) is 0 Å². The van der Waals surface area contributed by atoms with Crippen molar-refractivity contribution in [3.05, 3.63) is 30.1 Å². The van der Waals surface area contributed by atoms with Crippen molar-refractivity contribution in [2.24, 2.45) is 0 Å². The number of carboxylic acid groups (broad SMARTS) is 2. The SMILES string of the molecule is O=C(O)CC[C@H](NC(=O)NCc1cccnc1)C(=O)O. The summed E-state index contributed by atoms with van der Waals surface area (Å²) in [6.07, 6.45) is 2.65. The Labute approximate surface area is 114 Å². The number of nitrogens with one attached hydrogen (secondary N) is 2. The van der Waals surface area contributed by atoms with Gasteiger partial charge < -0.3 is 20.8 Å². The van der Waals surface area contributed by atoms with E-state index in [1.807, 2.05) is 0 Å². The molecule has 1 heterocycles. The molecule has 8 heteroatoms. The van der Waals surface area contributed by atoms with Gasteiger partial charge in [-0.3, -0.25) is 9.78 Å². The molecule has 8 nitrogen and oxygen atoms in total. The first-order chi connectivity index (χ1) is 9.49. The molecule has 1 atom stereocenters. The lowest BCUT2D eigenvalue weighted by atomic mass is 10.1. The van der Waals surface area contributed by atoms with E-state index in [-0.39, 0.29) is 19.4 Å². The molecule has 0 aliphatic carbocycles. The van der Waals surface area contributed by atoms with E-state index in [2.05, 4.69) is 15.6 Å². The molecule has 1 aromatic rings. The highest BCUT2D eigenvalue weighted by molar-refractivity contribution is 5.82. The maximum Gasteiger partial charge on any atom is 0.326 e. The van der Waals surface area contributed by atoms with Crippen LogP contribution in [0.4, 0.5) is 4.79 Å². The number of pyridine rings is 1. The van der Waals surface area contributed by atoms with Gasteiger partial charge in [0.1, 0.15) is 6.04 Å². The molecule has 1 rings (SSSR count). The molecule has 0 bridgehead atoms. The summed E-state index contributed by atoms with van der Waals surface area (Å²) >= 11 is 0. The third-order valence-electron chi connectivity index (χ3n) is 2.43. The number of amides is 2. The maximum atomic E-state index is 11.5. The highest BCUT2D eigenvalue weighted by atomic mass is 16.4. The largest absolute Gasteiger partial charge is 0.481 e. The van der Waals surface area contributed by atoms with Crippen molar-refractivity contribution in [1.29, 1.82) is 0 Å². The Morgan fingerprint density at radius 2 is 2.05 bits per heavy atom. The second kappa shape index (κ2) is 7.72. The van der Waals surface area contributed by atoms with E-state index < -0.39 is 24.0 Å². The van der Waals surface area contributed by atoms with Gasteiger partial charge in [0.25, 0.3) is 0 Å². The van der Waals surface area contributed by atoms with Crippen LogP contribution >= 0.6 is 0 Å². The fourth-order valence-corrected chi connectivity index (χ4v) is 1.42. The quantitative estimate of drug-likeness (QED) is 0.565. The molecular weight excluding hydrogens is 266 g/mol. The van der Waals surface area contributed by atoms with Gasteiger partial charge in [0.2, 0.25) is 0 Å². The van der Waals surface area contributed by atoms with Crippen LogP contribution in [-0.2, 0) is 16.1 Å². The van der Waals surface area contributed by atoms with Crippen LogP contribution in [-0.4, -0.2) is 39.2 Å². The summed E-state index contributed by atoms with van der Waals surface area (Å²) in [5.41, 5.74) is 0.764. The van der Waals surface area contributed by atoms with Gasteiger partial charge in [-0.05, 0) is 18.1 Å². The maximum absolute atomic E-state index is 11.5. The Morgan fingerprint density at radius 1 is 1.30 bits per heavy atom. The van der Waals surface area contributed by atoms with E-state index in [1.165, 1.54) is 0 Å². The number of aliphatic carboxylic acids is 2. The Bertz CT molecular complexity index is 477. The molecule has 0 radical (unpaired) electrons. The molecule has 4 N–H and O–H groups in total. The normalized spacial score (nSPS) is 11.4. The summed E-state index contributed by atoms with van der Waals surface area (Å²) in [5.74, 6) is -2.39. The van der Waals surface area contributed by atoms with E-state index in [9.17, 15) is 14.4 Å². The number of nitrogens with zero attached hydrogens (tertiary/aromatic N) is 1. The van der Waals surface area contributed by atoms with E-state index >= 15 is 0 Å². The Morgan fingerprint density at radius 3 is 2.60 bits per heavy atom. The van der Waals surface area contributed by atoms with Crippen LogP contribution in [0.2, 0.25) is 0 Å². The lowest BCUT2D eigenvalue weighted by molar-refractivity contribution is -0.140. The molecule has 108 valence electrons. The van der Waals surface area contributed by atoms with Gasteiger partial charge >= 0.3 is 18.0 Å². The highest BCUT2D eigenvalue weighted by Crippen LogP contribution is 1.99. The third-order valence-corrected chi connectivity index (χ3v) is 2.43. The van der Waals surface area contributed by atoms with Crippen molar-refractivity contribution in [3.63, 3.8) is 0 Å². The topological polar surface area (TPSA) is 129 Å². The van der Waals surface area contributed by atoms with Crippen LogP contribution in [0.5, 0.6) is 0 Å². The summed E-state index contributed by atoms with van der Waals surface area (Å²) in [6.45, 7) is 0.199. The van der Waals surface area contributed by atoms with Crippen LogP contribution in [0.25, 0.3) is 0 Å². The van der Waals surface area contributed by atoms with Gasteiger partial charge in [0, 0.05) is 25.4 Å². The molecular formula is C12H15N3O5. The van der Waals surface area contributed by atoms with Gasteiger partial charge in [0.05, 0.1) is 0 Å². The number of carbonyl (C=O) groups is 3. The minimum Gasteiger partial charge on any atom is -0.481 e. The predicted octanol–water partition coefficient (Wildman–Crippen LogP) is 0.199. The first-order valence-electron chi connectivity index (χ1n) is 5.87. The van der Waals surface area contributed by atoms with Gasteiger partial charge in [-0.2, -0.15) is 0 Å². The number of carbonyl (C=O) groups excluding carboxylic acids is 1. The van der Waals surface area contributed by atoms with E-state index in [0.717, 1.165) is 5.56 Å². The van der Waals surface area contributed by atoms with Crippen LogP contribution in [0.15, 0.2) is 24.5 Å². The van der Waals surface area contributed by atoms with Crippen molar-refractivity contribution < 1.29 is 24.6 Å². The van der Waals surface area contributed by atoms with Crippen molar-refractivity contribution in [1.82, 2.24) is 15.6 Å². The summed E-state index contributed by atoms with van der Waals surface area (Å²) in [5, 5.41) is 22.1. The molecule has 20 heavy (non-hydrogen) atoms. The van der Waals surface area contributed by atoms with Gasteiger partial charge in [0.15, 0.2) is 0 Å². The fourth-order valence-electron chi connectivity index (χ4n) is 1.42. The minimum atomic E-state index is -1.28. The van der Waals surface area contributed by atoms with Gasteiger partial charge in [-0.15, -0.1) is 0 Å². The standard InChI is InChI=1S/C12H15N3O5/c16-10(17)4-3-9(11(18)19)15-12(20)14-7-8-2-1-5-13-6-8/h1-2,5-6,9H,3-4,7H2,(H,16,17)(H,18,19)(H2,14,15,20)/t9-/m0/s1. The highest BCUT2D eigenvalue weighted by Gasteiger charge is 2.20. The molecule has 0 aliphatic heterocycles. The summed E-state index contributed by atoms with van der Waals surface area (Å²) in [4.78, 5) is 36.7. The number of rotatable bonds is 7. The third kappa shape index (κ3) is 5.80. The van der Waals surface area contributed by atoms with Crippen molar-refractivity contribution in [3.8, 4) is 0 Å². The number of urea groups is 1. The zero-order chi connectivity index (χ0) is 15.0. The second-order valence-electron chi connectivity index (χ2n) is 4.01.